The Hall–Kier alpha value is -3.54. The highest BCUT2D eigenvalue weighted by Gasteiger charge is 2.48. The number of phenols is 1. The quantitative estimate of drug-likeness (QED) is 0.449. The topological polar surface area (TPSA) is 96.3 Å². The Morgan fingerprint density at radius 2 is 1.84 bits per heavy atom. The van der Waals surface area contributed by atoms with E-state index >= 15 is 4.39 Å². The maximum atomic E-state index is 15.3. The first kappa shape index (κ1) is 24.8. The molecule has 0 radical (unpaired) electrons. The second kappa shape index (κ2) is 9.33. The Bertz CT molecular complexity index is 1330. The van der Waals surface area contributed by atoms with Gasteiger partial charge in [0, 0.05) is 29.9 Å². The lowest BCUT2D eigenvalue weighted by Crippen LogP contribution is -2.57. The SMILES string of the molecule is COc1cc(-c2ccc(-c3ncc(N(C4CC4)[C@@H]4C[C@@H]5CC[C@H](N5)[C@@H]4F)nn3)c(O)c2)cnc1C(F)(F)F. The standard InChI is InChI=1S/C26H26F4N6O2/c1-38-21-9-14(11-31-24(21)26(28,29)30)13-2-6-17(20(37)8-13)25-32-12-22(34-35-25)36(16-4-5-16)19-10-15-3-7-18(33-15)23(19)27/h2,6,8-9,11-12,15-16,18-19,23,33,37H,3-5,7,10H2,1H3/t15-,18-,19+,23-/m0/s1. The van der Waals surface area contributed by atoms with Crippen LogP contribution in [0.4, 0.5) is 23.4 Å². The van der Waals surface area contributed by atoms with E-state index in [1.165, 1.54) is 12.1 Å². The summed E-state index contributed by atoms with van der Waals surface area (Å²) in [5.41, 5.74) is -0.0471. The molecule has 4 atom stereocenters. The highest BCUT2D eigenvalue weighted by atomic mass is 19.4. The molecule has 1 aromatic carbocycles. The van der Waals surface area contributed by atoms with E-state index in [-0.39, 0.29) is 29.7 Å². The molecule has 0 unspecified atom stereocenters. The van der Waals surface area contributed by atoms with Crippen LogP contribution < -0.4 is 15.0 Å². The Balaban J connectivity index is 1.25. The van der Waals surface area contributed by atoms with Crippen LogP contribution >= 0.6 is 0 Å². The molecule has 8 nitrogen and oxygen atoms in total. The van der Waals surface area contributed by atoms with Crippen molar-refractivity contribution in [2.45, 2.75) is 68.6 Å². The lowest BCUT2D eigenvalue weighted by Gasteiger charge is -2.40. The van der Waals surface area contributed by atoms with Gasteiger partial charge in [-0.3, -0.25) is 0 Å². The van der Waals surface area contributed by atoms with Gasteiger partial charge in [-0.15, -0.1) is 10.2 Å². The molecule has 3 aliphatic rings. The number of hydrogen-bond acceptors (Lipinski definition) is 8. The van der Waals surface area contributed by atoms with Crippen LogP contribution in [0.3, 0.4) is 0 Å². The minimum absolute atomic E-state index is 0.129. The van der Waals surface area contributed by atoms with Crippen molar-refractivity contribution in [2.24, 2.45) is 0 Å². The summed E-state index contributed by atoms with van der Waals surface area (Å²) in [6.07, 6.45) is 1.47. The van der Waals surface area contributed by atoms with Gasteiger partial charge in [-0.2, -0.15) is 13.2 Å². The Morgan fingerprint density at radius 1 is 1.03 bits per heavy atom. The van der Waals surface area contributed by atoms with Crippen LogP contribution in [0.25, 0.3) is 22.5 Å². The number of pyridine rings is 1. The molecule has 1 saturated carbocycles. The molecule has 6 rings (SSSR count). The van der Waals surface area contributed by atoms with E-state index in [0.29, 0.717) is 35.0 Å². The smallest absolute Gasteiger partial charge is 0.437 e. The van der Waals surface area contributed by atoms with E-state index in [4.69, 9.17) is 4.74 Å². The summed E-state index contributed by atoms with van der Waals surface area (Å²) >= 11 is 0. The van der Waals surface area contributed by atoms with Gasteiger partial charge in [0.05, 0.1) is 24.9 Å². The van der Waals surface area contributed by atoms with Gasteiger partial charge in [0.2, 0.25) is 0 Å². The maximum Gasteiger partial charge on any atom is 0.437 e. The Labute approximate surface area is 216 Å². The number of aromatic hydroxyl groups is 1. The number of fused-ring (bicyclic) bond motifs is 2. The number of hydrogen-bond donors (Lipinski definition) is 2. The number of nitrogens with one attached hydrogen (secondary N) is 1. The molecule has 2 N–H and O–H groups in total. The summed E-state index contributed by atoms with van der Waals surface area (Å²) in [6, 6.07) is 5.92. The van der Waals surface area contributed by atoms with Crippen LogP contribution in [-0.4, -0.2) is 62.7 Å². The van der Waals surface area contributed by atoms with Crippen LogP contribution in [-0.2, 0) is 6.18 Å². The number of halogens is 4. The predicted molar refractivity (Wildman–Crippen MR) is 130 cm³/mol. The average molecular weight is 531 g/mol. The molecule has 2 saturated heterocycles. The largest absolute Gasteiger partial charge is 0.507 e. The van der Waals surface area contributed by atoms with Crippen molar-refractivity contribution in [2.75, 3.05) is 12.0 Å². The fourth-order valence-corrected chi connectivity index (χ4v) is 5.61. The highest BCUT2D eigenvalue weighted by molar-refractivity contribution is 5.73. The number of ether oxygens (including phenoxy) is 1. The molecule has 2 aliphatic heterocycles. The molecule has 3 aromatic rings. The van der Waals surface area contributed by atoms with Gasteiger partial charge in [0.1, 0.15) is 17.7 Å². The number of anilines is 1. The number of rotatable bonds is 6. The zero-order valence-electron chi connectivity index (χ0n) is 20.5. The number of nitrogens with zero attached hydrogens (tertiary/aromatic N) is 5. The number of phenolic OH excluding ortho intramolecular Hbond substituents is 1. The molecule has 12 heteroatoms. The maximum absolute atomic E-state index is 15.3. The van der Waals surface area contributed by atoms with Crippen molar-refractivity contribution < 1.29 is 27.4 Å². The molecule has 0 spiro atoms. The van der Waals surface area contributed by atoms with Crippen LogP contribution in [0.1, 0.15) is 37.8 Å². The molecule has 3 fully saturated rings. The summed E-state index contributed by atoms with van der Waals surface area (Å²) in [4.78, 5) is 9.96. The second-order valence-corrected chi connectivity index (χ2v) is 10.1. The first-order valence-electron chi connectivity index (χ1n) is 12.6. The van der Waals surface area contributed by atoms with Gasteiger partial charge in [0.25, 0.3) is 0 Å². The van der Waals surface area contributed by atoms with Crippen molar-refractivity contribution in [3.63, 3.8) is 0 Å². The summed E-state index contributed by atoms with van der Waals surface area (Å²) in [5, 5.41) is 22.6. The van der Waals surface area contributed by atoms with Gasteiger partial charge in [-0.05, 0) is 55.9 Å². The summed E-state index contributed by atoms with van der Waals surface area (Å²) in [6.45, 7) is 0. The molecular weight excluding hydrogens is 504 g/mol. The minimum Gasteiger partial charge on any atom is -0.507 e. The number of aromatic nitrogens is 4. The van der Waals surface area contributed by atoms with Crippen molar-refractivity contribution in [3.8, 4) is 34.0 Å². The van der Waals surface area contributed by atoms with Gasteiger partial charge >= 0.3 is 6.18 Å². The van der Waals surface area contributed by atoms with Gasteiger partial charge in [-0.1, -0.05) is 6.07 Å². The molecule has 2 aromatic heterocycles. The van der Waals surface area contributed by atoms with E-state index in [0.717, 1.165) is 39.0 Å². The van der Waals surface area contributed by atoms with Crippen molar-refractivity contribution >= 4 is 5.82 Å². The van der Waals surface area contributed by atoms with E-state index in [2.05, 4.69) is 25.5 Å². The number of methoxy groups -OCH3 is 1. The van der Waals surface area contributed by atoms with Gasteiger partial charge < -0.3 is 20.1 Å². The van der Waals surface area contributed by atoms with E-state index < -0.39 is 23.8 Å². The molecule has 2 bridgehead atoms. The Kier molecular flexibility index (Phi) is 6.09. The summed E-state index contributed by atoms with van der Waals surface area (Å²) in [5.74, 6) is 0.107. The third-order valence-electron chi connectivity index (χ3n) is 7.58. The van der Waals surface area contributed by atoms with Crippen molar-refractivity contribution in [3.05, 3.63) is 42.4 Å². The molecule has 0 amide bonds. The van der Waals surface area contributed by atoms with E-state index in [9.17, 15) is 18.3 Å². The number of benzene rings is 1. The molecule has 4 heterocycles. The average Bonchev–Trinajstić information content (AvgIpc) is 3.66. The van der Waals surface area contributed by atoms with Crippen molar-refractivity contribution in [1.29, 1.82) is 0 Å². The lowest BCUT2D eigenvalue weighted by molar-refractivity contribution is -0.142. The van der Waals surface area contributed by atoms with Crippen LogP contribution in [0.2, 0.25) is 0 Å². The number of alkyl halides is 4. The Morgan fingerprint density at radius 3 is 2.50 bits per heavy atom. The first-order chi connectivity index (χ1) is 18.2. The van der Waals surface area contributed by atoms with Crippen LogP contribution in [0.5, 0.6) is 11.5 Å². The molecule has 200 valence electrons. The van der Waals surface area contributed by atoms with Gasteiger partial charge in [-0.25, -0.2) is 14.4 Å². The summed E-state index contributed by atoms with van der Waals surface area (Å²) in [7, 11) is 1.14. The zero-order valence-corrected chi connectivity index (χ0v) is 20.5. The van der Waals surface area contributed by atoms with E-state index in [1.807, 2.05) is 4.90 Å². The van der Waals surface area contributed by atoms with Crippen LogP contribution in [0.15, 0.2) is 36.7 Å². The van der Waals surface area contributed by atoms with E-state index in [1.54, 1.807) is 18.3 Å². The third kappa shape index (κ3) is 4.50. The van der Waals surface area contributed by atoms with Crippen molar-refractivity contribution in [1.82, 2.24) is 25.5 Å². The highest BCUT2D eigenvalue weighted by Crippen LogP contribution is 2.41. The lowest BCUT2D eigenvalue weighted by atomic mass is 9.96. The van der Waals surface area contributed by atoms with Crippen LogP contribution in [0, 0.1) is 0 Å². The predicted octanol–water partition coefficient (Wildman–Crippen LogP) is 4.53. The number of piperidine rings is 1. The fourth-order valence-electron chi connectivity index (χ4n) is 5.61. The molecular formula is C26H26F4N6O2. The third-order valence-corrected chi connectivity index (χ3v) is 7.58. The molecule has 1 aliphatic carbocycles. The minimum atomic E-state index is -4.65. The normalized spacial score (nSPS) is 24.9. The van der Waals surface area contributed by atoms with Gasteiger partial charge in [0.15, 0.2) is 17.3 Å². The fraction of sp³-hybridized carbons (Fsp3) is 0.462. The zero-order chi connectivity index (χ0) is 26.6. The second-order valence-electron chi connectivity index (χ2n) is 10.1. The molecule has 38 heavy (non-hydrogen) atoms. The summed E-state index contributed by atoms with van der Waals surface area (Å²) < 4.78 is 59.6. The monoisotopic (exact) mass is 530 g/mol. The first-order valence-corrected chi connectivity index (χ1v) is 12.6.